The van der Waals surface area contributed by atoms with Gasteiger partial charge < -0.3 is 9.73 Å². The summed E-state index contributed by atoms with van der Waals surface area (Å²) in [7, 11) is 0. The first-order chi connectivity index (χ1) is 12.6. The number of fused-ring (bicyclic) bond motifs is 1. The molecule has 0 aliphatic heterocycles. The number of oxazole rings is 1. The second-order valence-corrected chi connectivity index (χ2v) is 8.93. The van der Waals surface area contributed by atoms with E-state index in [-0.39, 0.29) is 11.7 Å². The summed E-state index contributed by atoms with van der Waals surface area (Å²) in [6.07, 6.45) is 8.47. The highest BCUT2D eigenvalue weighted by molar-refractivity contribution is 5.76. The second-order valence-electron chi connectivity index (χ2n) is 8.93. The molecule has 0 atom stereocenters. The topological polar surface area (TPSA) is 64.2 Å². The zero-order chi connectivity index (χ0) is 17.7. The second kappa shape index (κ2) is 6.00. The molecule has 26 heavy (non-hydrogen) atoms. The van der Waals surface area contributed by atoms with E-state index in [1.54, 1.807) is 10.6 Å². The predicted molar refractivity (Wildman–Crippen MR) is 98.7 cm³/mol. The molecule has 0 saturated heterocycles. The highest BCUT2D eigenvalue weighted by Crippen LogP contribution is 2.59. The van der Waals surface area contributed by atoms with Crippen molar-refractivity contribution in [3.8, 4) is 0 Å². The summed E-state index contributed by atoms with van der Waals surface area (Å²) in [6, 6.07) is 7.35. The van der Waals surface area contributed by atoms with Gasteiger partial charge in [-0.15, -0.1) is 0 Å². The molecule has 1 N–H and O–H groups in total. The Morgan fingerprint density at radius 1 is 1.12 bits per heavy atom. The van der Waals surface area contributed by atoms with Crippen LogP contribution in [-0.2, 0) is 11.3 Å². The van der Waals surface area contributed by atoms with Gasteiger partial charge >= 0.3 is 5.76 Å². The molecule has 0 spiro atoms. The van der Waals surface area contributed by atoms with Gasteiger partial charge in [-0.1, -0.05) is 12.1 Å². The number of hydrogen-bond donors (Lipinski definition) is 1. The summed E-state index contributed by atoms with van der Waals surface area (Å²) in [5, 5.41) is 3.18. The highest BCUT2D eigenvalue weighted by Gasteiger charge is 2.50. The number of amides is 1. The molecule has 1 amide bonds. The number of carbonyl (C=O) groups is 1. The van der Waals surface area contributed by atoms with Crippen LogP contribution < -0.4 is 11.1 Å². The van der Waals surface area contributed by atoms with Gasteiger partial charge in [-0.2, -0.15) is 0 Å². The summed E-state index contributed by atoms with van der Waals surface area (Å²) in [5.41, 5.74) is 1.68. The maximum atomic E-state index is 12.4. The molecule has 138 valence electrons. The largest absolute Gasteiger partial charge is 0.419 e. The number of rotatable bonds is 5. The number of nitrogens with one attached hydrogen (secondary N) is 1. The fraction of sp³-hybridized carbons (Fsp3) is 0.619. The van der Waals surface area contributed by atoms with Gasteiger partial charge in [0.05, 0.1) is 5.52 Å². The molecule has 4 saturated carbocycles. The van der Waals surface area contributed by atoms with E-state index in [1.165, 1.54) is 38.5 Å². The average molecular weight is 354 g/mol. The molecule has 4 aliphatic rings. The fourth-order valence-electron chi connectivity index (χ4n) is 6.32. The first-order valence-electron chi connectivity index (χ1n) is 9.95. The van der Waals surface area contributed by atoms with Crippen LogP contribution in [0.25, 0.3) is 11.1 Å². The zero-order valence-electron chi connectivity index (χ0n) is 15.1. The van der Waals surface area contributed by atoms with Crippen molar-refractivity contribution in [3.63, 3.8) is 0 Å². The number of aromatic nitrogens is 1. The van der Waals surface area contributed by atoms with Gasteiger partial charge in [0.15, 0.2) is 5.58 Å². The zero-order valence-corrected chi connectivity index (χ0v) is 15.1. The predicted octanol–water partition coefficient (Wildman–Crippen LogP) is 3.32. The van der Waals surface area contributed by atoms with Gasteiger partial charge in [0.1, 0.15) is 0 Å². The lowest BCUT2D eigenvalue weighted by Crippen LogP contribution is -2.51. The van der Waals surface area contributed by atoms with Crippen LogP contribution in [0.2, 0.25) is 0 Å². The van der Waals surface area contributed by atoms with Gasteiger partial charge in [0.2, 0.25) is 5.91 Å². The molecule has 5 heteroatoms. The maximum absolute atomic E-state index is 12.4. The van der Waals surface area contributed by atoms with Gasteiger partial charge in [0.25, 0.3) is 0 Å². The van der Waals surface area contributed by atoms with Gasteiger partial charge in [0, 0.05) is 19.5 Å². The Morgan fingerprint density at radius 3 is 2.46 bits per heavy atom. The Labute approximate surface area is 152 Å². The number of benzene rings is 1. The molecular weight excluding hydrogens is 328 g/mol. The van der Waals surface area contributed by atoms with E-state index >= 15 is 0 Å². The van der Waals surface area contributed by atoms with Crippen molar-refractivity contribution in [1.29, 1.82) is 0 Å². The number of carbonyl (C=O) groups excluding carboxylic acids is 1. The Bertz CT molecular complexity index is 859. The number of nitrogens with zero attached hydrogens (tertiary/aromatic N) is 1. The average Bonchev–Trinajstić information content (AvgIpc) is 2.92. The number of aryl methyl sites for hydroxylation is 1. The third kappa shape index (κ3) is 2.78. The lowest BCUT2D eigenvalue weighted by molar-refractivity contribution is -0.123. The van der Waals surface area contributed by atoms with Crippen molar-refractivity contribution < 1.29 is 9.21 Å². The van der Waals surface area contributed by atoms with Crippen LogP contribution in [0.1, 0.15) is 44.9 Å². The lowest BCUT2D eigenvalue weighted by Gasteiger charge is -2.56. The Kier molecular flexibility index (Phi) is 3.73. The van der Waals surface area contributed by atoms with Crippen LogP contribution >= 0.6 is 0 Å². The summed E-state index contributed by atoms with van der Waals surface area (Å²) in [6.45, 7) is 1.18. The Balaban J connectivity index is 1.20. The smallest absolute Gasteiger partial charge is 0.408 e. The van der Waals surface area contributed by atoms with Crippen molar-refractivity contribution in [2.24, 2.45) is 23.2 Å². The summed E-state index contributed by atoms with van der Waals surface area (Å²) in [4.78, 5) is 24.4. The van der Waals surface area contributed by atoms with Crippen LogP contribution in [0.4, 0.5) is 0 Å². The van der Waals surface area contributed by atoms with E-state index < -0.39 is 0 Å². The molecule has 1 heterocycles. The van der Waals surface area contributed by atoms with E-state index in [4.69, 9.17) is 4.42 Å². The van der Waals surface area contributed by atoms with Crippen LogP contribution in [0.3, 0.4) is 0 Å². The summed E-state index contributed by atoms with van der Waals surface area (Å²) in [5.74, 6) is 2.34. The van der Waals surface area contributed by atoms with Crippen molar-refractivity contribution in [2.75, 3.05) is 6.54 Å². The van der Waals surface area contributed by atoms with E-state index in [0.717, 1.165) is 29.8 Å². The Hall–Kier alpha value is -2.04. The summed E-state index contributed by atoms with van der Waals surface area (Å²) >= 11 is 0. The van der Waals surface area contributed by atoms with Crippen molar-refractivity contribution in [3.05, 3.63) is 34.8 Å². The SMILES string of the molecule is O=C(CCn1c(=O)oc2ccccc21)NCC12CC3CC(CC(C3)C1)C2. The first-order valence-corrected chi connectivity index (χ1v) is 9.95. The van der Waals surface area contributed by atoms with Crippen LogP contribution in [0.15, 0.2) is 33.5 Å². The Morgan fingerprint density at radius 2 is 1.77 bits per heavy atom. The van der Waals surface area contributed by atoms with Gasteiger partial charge in [-0.05, 0) is 73.8 Å². The standard InChI is InChI=1S/C21H26N2O3/c24-19(5-6-23-17-3-1-2-4-18(17)26-20(23)25)22-13-21-10-14-7-15(11-21)9-16(8-14)12-21/h1-4,14-16H,5-13H2,(H,22,24). The molecule has 1 aromatic heterocycles. The molecule has 0 radical (unpaired) electrons. The molecule has 0 unspecified atom stereocenters. The molecule has 4 bridgehead atoms. The molecule has 2 aromatic rings. The minimum absolute atomic E-state index is 0.0397. The van der Waals surface area contributed by atoms with Crippen molar-refractivity contribution in [1.82, 2.24) is 9.88 Å². The monoisotopic (exact) mass is 354 g/mol. The van der Waals surface area contributed by atoms with Crippen LogP contribution in [-0.4, -0.2) is 17.0 Å². The van der Waals surface area contributed by atoms with Crippen molar-refractivity contribution >= 4 is 17.0 Å². The number of para-hydroxylation sites is 2. The van der Waals surface area contributed by atoms with Gasteiger partial charge in [-0.25, -0.2) is 4.79 Å². The molecule has 4 fully saturated rings. The lowest BCUT2D eigenvalue weighted by atomic mass is 9.49. The molecular formula is C21H26N2O3. The van der Waals surface area contributed by atoms with Crippen molar-refractivity contribution in [2.45, 2.75) is 51.5 Å². The molecule has 5 nitrogen and oxygen atoms in total. The van der Waals surface area contributed by atoms with Crippen LogP contribution in [0, 0.1) is 23.2 Å². The van der Waals surface area contributed by atoms with E-state index in [9.17, 15) is 9.59 Å². The molecule has 6 rings (SSSR count). The minimum atomic E-state index is -0.389. The number of hydrogen-bond acceptors (Lipinski definition) is 3. The third-order valence-corrected chi connectivity index (χ3v) is 6.96. The highest BCUT2D eigenvalue weighted by atomic mass is 16.4. The molecule has 1 aromatic carbocycles. The summed E-state index contributed by atoms with van der Waals surface area (Å²) < 4.78 is 6.79. The van der Waals surface area contributed by atoms with Crippen LogP contribution in [0.5, 0.6) is 0 Å². The normalized spacial score (nSPS) is 32.2. The molecule has 4 aliphatic carbocycles. The van der Waals surface area contributed by atoms with Gasteiger partial charge in [-0.3, -0.25) is 9.36 Å². The quantitative estimate of drug-likeness (QED) is 0.896. The fourth-order valence-corrected chi connectivity index (χ4v) is 6.32. The van der Waals surface area contributed by atoms with E-state index in [2.05, 4.69) is 5.32 Å². The first kappa shape index (κ1) is 16.2. The maximum Gasteiger partial charge on any atom is 0.419 e. The van der Waals surface area contributed by atoms with E-state index in [0.29, 0.717) is 24.0 Å². The third-order valence-electron chi connectivity index (χ3n) is 6.96. The van der Waals surface area contributed by atoms with E-state index in [1.807, 2.05) is 18.2 Å². The minimum Gasteiger partial charge on any atom is -0.408 e.